The van der Waals surface area contributed by atoms with Crippen LogP contribution in [0.2, 0.25) is 0 Å². The van der Waals surface area contributed by atoms with Gasteiger partial charge in [0.15, 0.2) is 5.65 Å². The fourth-order valence-corrected chi connectivity index (χ4v) is 1.98. The van der Waals surface area contributed by atoms with Gasteiger partial charge in [-0.3, -0.25) is 0 Å². The molecule has 3 N–H and O–H groups in total. The highest BCUT2D eigenvalue weighted by atomic mass is 15.1. The van der Waals surface area contributed by atoms with Crippen molar-refractivity contribution in [1.82, 2.24) is 15.0 Å². The molecule has 96 valence electrons. The van der Waals surface area contributed by atoms with E-state index in [0.29, 0.717) is 11.5 Å². The molecule has 0 atom stereocenters. The lowest BCUT2D eigenvalue weighted by atomic mass is 10.2. The predicted octanol–water partition coefficient (Wildman–Crippen LogP) is 2.27. The Labute approximate surface area is 111 Å². The predicted molar refractivity (Wildman–Crippen MR) is 78.1 cm³/mol. The van der Waals surface area contributed by atoms with E-state index in [-0.39, 0.29) is 0 Å². The molecular formula is C14H15N5. The van der Waals surface area contributed by atoms with Crippen LogP contribution in [0.15, 0.2) is 36.4 Å². The molecule has 0 aliphatic carbocycles. The van der Waals surface area contributed by atoms with Crippen molar-refractivity contribution in [2.45, 2.75) is 0 Å². The van der Waals surface area contributed by atoms with Gasteiger partial charge in [0.05, 0.1) is 5.52 Å². The van der Waals surface area contributed by atoms with E-state index >= 15 is 0 Å². The lowest BCUT2D eigenvalue weighted by molar-refractivity contribution is 1.13. The number of aromatic amines is 1. The van der Waals surface area contributed by atoms with Crippen LogP contribution < -0.4 is 10.6 Å². The first-order valence-corrected chi connectivity index (χ1v) is 6.03. The van der Waals surface area contributed by atoms with Crippen LogP contribution in [-0.4, -0.2) is 29.0 Å². The molecule has 2 aromatic heterocycles. The zero-order valence-corrected chi connectivity index (χ0v) is 10.9. The minimum Gasteiger partial charge on any atom is -0.384 e. The van der Waals surface area contributed by atoms with Gasteiger partial charge in [0.2, 0.25) is 0 Å². The van der Waals surface area contributed by atoms with Crippen molar-refractivity contribution in [3.05, 3.63) is 36.4 Å². The molecule has 0 saturated carbocycles. The number of pyridine rings is 1. The summed E-state index contributed by atoms with van der Waals surface area (Å²) in [5.74, 6) is 1.28. The number of benzene rings is 1. The van der Waals surface area contributed by atoms with Crippen LogP contribution in [0.4, 0.5) is 11.5 Å². The molecule has 0 radical (unpaired) electrons. The molecule has 0 aliphatic rings. The number of hydrogen-bond donors (Lipinski definition) is 2. The maximum Gasteiger partial charge on any atom is 0.180 e. The molecule has 0 spiro atoms. The highest BCUT2D eigenvalue weighted by Gasteiger charge is 2.07. The first kappa shape index (κ1) is 11.5. The molecule has 5 heteroatoms. The summed E-state index contributed by atoms with van der Waals surface area (Å²) in [5.41, 5.74) is 9.36. The molecule has 0 saturated heterocycles. The topological polar surface area (TPSA) is 70.8 Å². The summed E-state index contributed by atoms with van der Waals surface area (Å²) in [7, 11) is 4.03. The number of nitrogens with one attached hydrogen (secondary N) is 1. The quantitative estimate of drug-likeness (QED) is 0.735. The average molecular weight is 253 g/mol. The number of fused-ring (bicyclic) bond motifs is 1. The Balaban J connectivity index is 2.11. The highest BCUT2D eigenvalue weighted by Crippen LogP contribution is 2.23. The van der Waals surface area contributed by atoms with Gasteiger partial charge in [0, 0.05) is 25.3 Å². The first-order chi connectivity index (χ1) is 9.13. The van der Waals surface area contributed by atoms with E-state index in [9.17, 15) is 0 Å². The van der Waals surface area contributed by atoms with Gasteiger partial charge >= 0.3 is 0 Å². The van der Waals surface area contributed by atoms with Crippen molar-refractivity contribution in [2.75, 3.05) is 24.7 Å². The maximum atomic E-state index is 5.66. The number of anilines is 2. The molecular weight excluding hydrogens is 238 g/mol. The van der Waals surface area contributed by atoms with Crippen LogP contribution in [0.5, 0.6) is 0 Å². The highest BCUT2D eigenvalue weighted by molar-refractivity contribution is 5.78. The lowest BCUT2D eigenvalue weighted by Crippen LogP contribution is -2.08. The van der Waals surface area contributed by atoms with Crippen LogP contribution in [0.25, 0.3) is 22.6 Å². The molecule has 0 aliphatic heterocycles. The van der Waals surface area contributed by atoms with E-state index in [2.05, 4.69) is 32.0 Å². The molecule has 0 unspecified atom stereocenters. The molecule has 3 aromatic rings. The molecule has 2 heterocycles. The molecule has 0 amide bonds. The number of rotatable bonds is 2. The second-order valence-electron chi connectivity index (χ2n) is 4.64. The van der Waals surface area contributed by atoms with E-state index in [1.54, 1.807) is 6.07 Å². The van der Waals surface area contributed by atoms with Crippen molar-refractivity contribution < 1.29 is 0 Å². The minimum absolute atomic E-state index is 0.479. The molecule has 0 bridgehead atoms. The van der Waals surface area contributed by atoms with Crippen molar-refractivity contribution in [3.8, 4) is 11.4 Å². The number of H-pyrrole nitrogens is 1. The van der Waals surface area contributed by atoms with Crippen LogP contribution in [0.1, 0.15) is 0 Å². The molecule has 3 rings (SSSR count). The summed E-state index contributed by atoms with van der Waals surface area (Å²) >= 11 is 0. The summed E-state index contributed by atoms with van der Waals surface area (Å²) in [6, 6.07) is 11.8. The van der Waals surface area contributed by atoms with Gasteiger partial charge in [-0.05, 0) is 24.3 Å². The van der Waals surface area contributed by atoms with Gasteiger partial charge in [0.25, 0.3) is 0 Å². The second kappa shape index (κ2) is 4.28. The number of imidazole rings is 1. The van der Waals surface area contributed by atoms with E-state index in [1.807, 2.05) is 32.3 Å². The number of nitrogens with two attached hydrogens (primary N) is 1. The lowest BCUT2D eigenvalue weighted by Gasteiger charge is -2.12. The van der Waals surface area contributed by atoms with E-state index in [4.69, 9.17) is 5.73 Å². The van der Waals surface area contributed by atoms with E-state index in [1.165, 1.54) is 0 Å². The Bertz CT molecular complexity index is 730. The number of hydrogen-bond acceptors (Lipinski definition) is 4. The Morgan fingerprint density at radius 3 is 2.74 bits per heavy atom. The summed E-state index contributed by atoms with van der Waals surface area (Å²) in [4.78, 5) is 14.0. The number of aromatic nitrogens is 3. The van der Waals surface area contributed by atoms with Gasteiger partial charge in [0.1, 0.15) is 11.6 Å². The Morgan fingerprint density at radius 1 is 1.11 bits per heavy atom. The SMILES string of the molecule is CN(C)c1cccc(-c2nc3nc(N)ccc3[nH]2)c1. The van der Waals surface area contributed by atoms with Gasteiger partial charge in [-0.1, -0.05) is 12.1 Å². The summed E-state index contributed by atoms with van der Waals surface area (Å²) < 4.78 is 0. The first-order valence-electron chi connectivity index (χ1n) is 6.03. The Kier molecular flexibility index (Phi) is 2.59. The third-order valence-electron chi connectivity index (χ3n) is 3.00. The maximum absolute atomic E-state index is 5.66. The zero-order chi connectivity index (χ0) is 13.4. The van der Waals surface area contributed by atoms with Gasteiger partial charge < -0.3 is 15.6 Å². The van der Waals surface area contributed by atoms with Crippen molar-refractivity contribution in [1.29, 1.82) is 0 Å². The largest absolute Gasteiger partial charge is 0.384 e. The normalized spacial score (nSPS) is 10.8. The van der Waals surface area contributed by atoms with Crippen LogP contribution in [0, 0.1) is 0 Å². The van der Waals surface area contributed by atoms with E-state index < -0.39 is 0 Å². The summed E-state index contributed by atoms with van der Waals surface area (Å²) in [6.45, 7) is 0. The van der Waals surface area contributed by atoms with Crippen LogP contribution >= 0.6 is 0 Å². The van der Waals surface area contributed by atoms with Gasteiger partial charge in [-0.15, -0.1) is 0 Å². The fraction of sp³-hybridized carbons (Fsp3) is 0.143. The number of nitrogen functional groups attached to an aromatic ring is 1. The van der Waals surface area contributed by atoms with Crippen molar-refractivity contribution >= 4 is 22.7 Å². The summed E-state index contributed by atoms with van der Waals surface area (Å²) in [6.07, 6.45) is 0. The molecule has 19 heavy (non-hydrogen) atoms. The zero-order valence-electron chi connectivity index (χ0n) is 10.9. The van der Waals surface area contributed by atoms with Crippen molar-refractivity contribution in [2.24, 2.45) is 0 Å². The monoisotopic (exact) mass is 253 g/mol. The van der Waals surface area contributed by atoms with Gasteiger partial charge in [-0.2, -0.15) is 0 Å². The molecule has 1 aromatic carbocycles. The van der Waals surface area contributed by atoms with E-state index in [0.717, 1.165) is 22.6 Å². The average Bonchev–Trinajstić information content (AvgIpc) is 2.81. The summed E-state index contributed by atoms with van der Waals surface area (Å²) in [5, 5.41) is 0. The fourth-order valence-electron chi connectivity index (χ4n) is 1.98. The standard InChI is InChI=1S/C14H15N5/c1-19(2)10-5-3-4-9(8-10)13-16-11-6-7-12(15)17-14(11)18-13/h3-8H,1-2H3,(H3,15,16,17,18). The third kappa shape index (κ3) is 2.10. The third-order valence-corrected chi connectivity index (χ3v) is 3.00. The Morgan fingerprint density at radius 2 is 1.95 bits per heavy atom. The second-order valence-corrected chi connectivity index (χ2v) is 4.64. The molecule has 0 fully saturated rings. The van der Waals surface area contributed by atoms with Crippen LogP contribution in [-0.2, 0) is 0 Å². The minimum atomic E-state index is 0.479. The van der Waals surface area contributed by atoms with Gasteiger partial charge in [-0.25, -0.2) is 9.97 Å². The smallest absolute Gasteiger partial charge is 0.180 e. The van der Waals surface area contributed by atoms with Crippen molar-refractivity contribution in [3.63, 3.8) is 0 Å². The molecule has 5 nitrogen and oxygen atoms in total. The Hall–Kier alpha value is -2.56. The van der Waals surface area contributed by atoms with Crippen LogP contribution in [0.3, 0.4) is 0 Å². The number of nitrogens with zero attached hydrogens (tertiary/aromatic N) is 3.